The van der Waals surface area contributed by atoms with Crippen LogP contribution in [-0.2, 0) is 4.74 Å². The van der Waals surface area contributed by atoms with Gasteiger partial charge in [0.05, 0.1) is 23.2 Å². The first-order valence-corrected chi connectivity index (χ1v) is 11.5. The van der Waals surface area contributed by atoms with Crippen LogP contribution in [0.25, 0.3) is 0 Å². The van der Waals surface area contributed by atoms with E-state index in [4.69, 9.17) is 44.5 Å². The van der Waals surface area contributed by atoms with Crippen molar-refractivity contribution < 1.29 is 9.53 Å². The van der Waals surface area contributed by atoms with E-state index in [-0.39, 0.29) is 6.61 Å². The number of rotatable bonds is 3. The second kappa shape index (κ2) is 8.40. The summed E-state index contributed by atoms with van der Waals surface area (Å²) < 4.78 is 7.03. The summed E-state index contributed by atoms with van der Waals surface area (Å²) in [6, 6.07) is 19.5. The van der Waals surface area contributed by atoms with Gasteiger partial charge in [-0.1, -0.05) is 83.3 Å². The van der Waals surface area contributed by atoms with Crippen LogP contribution in [0.1, 0.15) is 12.5 Å². The Morgan fingerprint density at radius 1 is 1.10 bits per heavy atom. The van der Waals surface area contributed by atoms with Crippen molar-refractivity contribution in [2.75, 3.05) is 18.0 Å². The van der Waals surface area contributed by atoms with Crippen LogP contribution in [0.15, 0.2) is 65.7 Å². The van der Waals surface area contributed by atoms with Gasteiger partial charge in [0.2, 0.25) is 3.79 Å². The van der Waals surface area contributed by atoms with Crippen LogP contribution in [-0.4, -0.2) is 49.9 Å². The van der Waals surface area contributed by atoms with Crippen LogP contribution in [0.5, 0.6) is 0 Å². The third-order valence-electron chi connectivity index (χ3n) is 4.57. The Labute approximate surface area is 192 Å². The van der Waals surface area contributed by atoms with E-state index in [2.05, 4.69) is 0 Å². The molecule has 0 radical (unpaired) electrons. The van der Waals surface area contributed by atoms with Crippen molar-refractivity contribution in [3.63, 3.8) is 0 Å². The number of hydrogen-bond acceptors (Lipinski definition) is 5. The fourth-order valence-electron chi connectivity index (χ4n) is 3.35. The Balaban J connectivity index is 1.90. The molecule has 1 unspecified atom stereocenters. The van der Waals surface area contributed by atoms with Gasteiger partial charge in [-0.15, -0.1) is 0 Å². The van der Waals surface area contributed by atoms with Gasteiger partial charge in [0.25, 0.3) is 0 Å². The third kappa shape index (κ3) is 3.69. The fourth-order valence-corrected chi connectivity index (χ4v) is 6.61. The summed E-state index contributed by atoms with van der Waals surface area (Å²) in [5.41, 5.74) is 1.78. The van der Waals surface area contributed by atoms with Crippen LogP contribution in [0, 0.1) is 0 Å². The van der Waals surface area contributed by atoms with E-state index in [0.29, 0.717) is 10.9 Å². The Hall–Kier alpha value is -1.77. The highest BCUT2D eigenvalue weighted by Crippen LogP contribution is 2.50. The molecule has 1 amide bonds. The number of aliphatic imine (C=N–C) groups is 1. The van der Waals surface area contributed by atoms with Crippen LogP contribution in [0.4, 0.5) is 10.5 Å². The van der Waals surface area contributed by atoms with E-state index in [1.54, 1.807) is 18.9 Å². The van der Waals surface area contributed by atoms with E-state index in [0.717, 1.165) is 11.3 Å². The molecule has 0 aliphatic carbocycles. The largest absolute Gasteiger partial charge is 0.449 e. The lowest BCUT2D eigenvalue weighted by atomic mass is 10.2. The molecule has 30 heavy (non-hydrogen) atoms. The van der Waals surface area contributed by atoms with Crippen LogP contribution in [0.2, 0.25) is 0 Å². The number of halogens is 3. The van der Waals surface area contributed by atoms with Gasteiger partial charge in [-0.2, -0.15) is 0 Å². The molecule has 0 N–H and O–H groups in total. The number of amidine groups is 1. The summed E-state index contributed by atoms with van der Waals surface area (Å²) in [6.45, 7) is 1.95. The second-order valence-corrected chi connectivity index (χ2v) is 10.6. The van der Waals surface area contributed by atoms with Gasteiger partial charge >= 0.3 is 6.09 Å². The Bertz CT molecular complexity index is 1010. The molecule has 2 atom stereocenters. The SMILES string of the molecule is CCOC(=O)N1[C@H](C(Cl)(Cl)Cl)N(C)C2=S1N(c1ccccc1)C(c1ccccc1)=N2. The molecule has 0 fully saturated rings. The maximum absolute atomic E-state index is 13.0. The molecule has 2 aliphatic heterocycles. The molecule has 10 heteroatoms. The maximum Gasteiger partial charge on any atom is 0.422 e. The summed E-state index contributed by atoms with van der Waals surface area (Å²) >= 11 is 18.9. The smallest absolute Gasteiger partial charge is 0.422 e. The monoisotopic (exact) mass is 484 g/mol. The van der Waals surface area contributed by atoms with Gasteiger partial charge in [0.1, 0.15) is 0 Å². The molecule has 2 aromatic rings. The normalized spacial score (nSPS) is 21.6. The van der Waals surface area contributed by atoms with Gasteiger partial charge in [-0.05, 0) is 26.1 Å². The van der Waals surface area contributed by atoms with E-state index < -0.39 is 26.9 Å². The minimum absolute atomic E-state index is 0.204. The van der Waals surface area contributed by atoms with Crippen molar-refractivity contribution >= 4 is 68.4 Å². The molecule has 0 bridgehead atoms. The van der Waals surface area contributed by atoms with E-state index >= 15 is 0 Å². The predicted octanol–water partition coefficient (Wildman–Crippen LogP) is 5.24. The average molecular weight is 486 g/mol. The van der Waals surface area contributed by atoms with Crippen molar-refractivity contribution in [3.8, 4) is 0 Å². The number of carbonyl (C=O) groups is 1. The molecular formula is C20H19Cl3N4O2S. The Morgan fingerprint density at radius 3 is 2.27 bits per heavy atom. The van der Waals surface area contributed by atoms with Crippen LogP contribution < -0.4 is 4.31 Å². The Kier molecular flexibility index (Phi) is 6.01. The quantitative estimate of drug-likeness (QED) is 0.441. The molecule has 2 heterocycles. The maximum atomic E-state index is 13.0. The number of para-hydroxylation sites is 1. The topological polar surface area (TPSA) is 48.4 Å². The van der Waals surface area contributed by atoms with Gasteiger partial charge in [0.15, 0.2) is 17.1 Å². The zero-order valence-electron chi connectivity index (χ0n) is 16.2. The highest BCUT2D eigenvalue weighted by Gasteiger charge is 2.55. The summed E-state index contributed by atoms with van der Waals surface area (Å²) in [5, 5.41) is 0.627. The molecular weight excluding hydrogens is 467 g/mol. The molecule has 0 saturated carbocycles. The van der Waals surface area contributed by atoms with Crippen molar-refractivity contribution in [1.82, 2.24) is 9.21 Å². The first kappa shape index (κ1) is 21.5. The lowest BCUT2D eigenvalue weighted by molar-refractivity contribution is 0.110. The molecule has 2 aliphatic rings. The molecule has 2 aromatic carbocycles. The number of ether oxygens (including phenoxy) is 1. The highest BCUT2D eigenvalue weighted by molar-refractivity contribution is 8.16. The molecule has 6 nitrogen and oxygen atoms in total. The van der Waals surface area contributed by atoms with Crippen molar-refractivity contribution in [2.45, 2.75) is 16.9 Å². The van der Waals surface area contributed by atoms with Crippen molar-refractivity contribution in [2.24, 2.45) is 4.99 Å². The van der Waals surface area contributed by atoms with Crippen molar-refractivity contribution in [1.29, 1.82) is 0 Å². The number of anilines is 1. The summed E-state index contributed by atoms with van der Waals surface area (Å²) in [4.78, 5) is 19.7. The highest BCUT2D eigenvalue weighted by atomic mass is 35.6. The van der Waals surface area contributed by atoms with Crippen LogP contribution >= 0.6 is 45.7 Å². The van der Waals surface area contributed by atoms with Gasteiger partial charge in [-0.25, -0.2) is 19.0 Å². The molecule has 0 saturated heterocycles. The number of benzene rings is 2. The predicted molar refractivity (Wildman–Crippen MR) is 125 cm³/mol. The Morgan fingerprint density at radius 2 is 1.70 bits per heavy atom. The van der Waals surface area contributed by atoms with Crippen molar-refractivity contribution in [3.05, 3.63) is 66.2 Å². The van der Waals surface area contributed by atoms with Gasteiger partial charge < -0.3 is 4.74 Å². The summed E-state index contributed by atoms with van der Waals surface area (Å²) in [7, 11) is 0.780. The van der Waals surface area contributed by atoms with Crippen LogP contribution in [0.3, 0.4) is 0 Å². The van der Waals surface area contributed by atoms with Gasteiger partial charge in [-0.3, -0.25) is 4.31 Å². The lowest BCUT2D eigenvalue weighted by Gasteiger charge is -2.37. The third-order valence-corrected chi connectivity index (χ3v) is 7.31. The summed E-state index contributed by atoms with van der Waals surface area (Å²) in [6.07, 6.45) is -1.43. The zero-order valence-corrected chi connectivity index (χ0v) is 19.3. The van der Waals surface area contributed by atoms with E-state index in [1.807, 2.05) is 65.0 Å². The van der Waals surface area contributed by atoms with Gasteiger partial charge in [0, 0.05) is 5.56 Å². The second-order valence-electron chi connectivity index (χ2n) is 6.53. The standard InChI is InChI=1S/C20H19Cl3N4O2S/c1-3-29-19(28)27-17(20(21,22)23)25(2)18-24-16(14-10-6-4-7-11-14)26(30(18)27)15-12-8-5-9-13-15/h4-13,17H,3H2,1-2H3/t17-,30?/m1/s1. The van der Waals surface area contributed by atoms with E-state index in [1.165, 1.54) is 4.31 Å². The number of hydrogen-bond donors (Lipinski definition) is 0. The number of alkyl halides is 3. The first-order valence-electron chi connectivity index (χ1n) is 9.21. The minimum Gasteiger partial charge on any atom is -0.449 e. The first-order chi connectivity index (χ1) is 14.3. The number of carbonyl (C=O) groups excluding carboxylic acids is 1. The number of amides is 1. The molecule has 0 aromatic heterocycles. The zero-order chi connectivity index (χ0) is 21.5. The molecule has 4 rings (SSSR count). The van der Waals surface area contributed by atoms with E-state index in [9.17, 15) is 4.79 Å². The minimum atomic E-state index is -1.77. The molecule has 158 valence electrons. The summed E-state index contributed by atoms with van der Waals surface area (Å²) in [5.74, 6) is 0.712. The number of nitrogens with zero attached hydrogens (tertiary/aromatic N) is 4. The average Bonchev–Trinajstić information content (AvgIpc) is 3.25. The fraction of sp³-hybridized carbons (Fsp3) is 0.250. The molecule has 0 spiro atoms. The lowest BCUT2D eigenvalue weighted by Crippen LogP contribution is -2.52.